The summed E-state index contributed by atoms with van der Waals surface area (Å²) in [6.07, 6.45) is 0.638. The predicted octanol–water partition coefficient (Wildman–Crippen LogP) is 3.01. The van der Waals surface area contributed by atoms with Crippen LogP contribution in [-0.4, -0.2) is 20.9 Å². The van der Waals surface area contributed by atoms with Gasteiger partial charge in [0.25, 0.3) is 0 Å². The summed E-state index contributed by atoms with van der Waals surface area (Å²) in [6.45, 7) is 0.206. The van der Waals surface area contributed by atoms with Crippen molar-refractivity contribution >= 4 is 44.8 Å². The van der Waals surface area contributed by atoms with E-state index in [9.17, 15) is 13.2 Å². The van der Waals surface area contributed by atoms with E-state index in [0.717, 1.165) is 5.56 Å². The largest absolute Gasteiger partial charge is 0.326 e. The van der Waals surface area contributed by atoms with Crippen LogP contribution in [0.1, 0.15) is 11.1 Å². The molecule has 8 heteroatoms. The smallest absolute Gasteiger partial charge is 0.240 e. The number of carbonyl (C=O) groups excluding carboxylic acids is 1. The molecule has 126 valence electrons. The Hall–Kier alpha value is -1.60. The molecule has 0 aliphatic carbocycles. The van der Waals surface area contributed by atoms with E-state index < -0.39 is 10.0 Å². The van der Waals surface area contributed by atoms with E-state index >= 15 is 0 Å². The molecule has 24 heavy (non-hydrogen) atoms. The highest BCUT2D eigenvalue weighted by Crippen LogP contribution is 2.26. The van der Waals surface area contributed by atoms with E-state index in [1.54, 1.807) is 24.3 Å². The molecule has 2 aromatic rings. The molecule has 0 bridgehead atoms. The number of hydrogen-bond acceptors (Lipinski definition) is 3. The second kappa shape index (κ2) is 6.72. The summed E-state index contributed by atoms with van der Waals surface area (Å²) < 4.78 is 27.3. The van der Waals surface area contributed by atoms with Crippen molar-refractivity contribution in [2.45, 2.75) is 17.7 Å². The van der Waals surface area contributed by atoms with Crippen LogP contribution in [0.4, 0.5) is 5.69 Å². The topological polar surface area (TPSA) is 75.3 Å². The molecule has 0 aromatic heterocycles. The molecule has 0 saturated carbocycles. The van der Waals surface area contributed by atoms with Crippen LogP contribution >= 0.6 is 23.2 Å². The second-order valence-corrected chi connectivity index (χ2v) is 8.04. The van der Waals surface area contributed by atoms with Gasteiger partial charge in [0.2, 0.25) is 15.9 Å². The normalized spacial score (nSPS) is 13.7. The van der Waals surface area contributed by atoms with Crippen molar-refractivity contribution in [2.24, 2.45) is 0 Å². The summed E-state index contributed by atoms with van der Waals surface area (Å²) in [4.78, 5) is 11.5. The SMILES string of the molecule is O=C1Cc2cc(S(=O)(=O)NCCc3ccc(Cl)cc3Cl)ccc2N1. The van der Waals surface area contributed by atoms with Gasteiger partial charge in [0.05, 0.1) is 11.3 Å². The van der Waals surface area contributed by atoms with Crippen molar-refractivity contribution in [3.8, 4) is 0 Å². The first-order chi connectivity index (χ1) is 11.3. The Labute approximate surface area is 150 Å². The summed E-state index contributed by atoms with van der Waals surface area (Å²) in [5, 5.41) is 3.71. The minimum absolute atomic E-state index is 0.134. The Kier molecular flexibility index (Phi) is 4.83. The molecule has 0 spiro atoms. The lowest BCUT2D eigenvalue weighted by Crippen LogP contribution is -2.26. The first kappa shape index (κ1) is 17.2. The molecule has 1 aliphatic rings. The van der Waals surface area contributed by atoms with E-state index in [4.69, 9.17) is 23.2 Å². The number of anilines is 1. The number of nitrogens with one attached hydrogen (secondary N) is 2. The average molecular weight is 385 g/mol. The Morgan fingerprint density at radius 3 is 2.67 bits per heavy atom. The summed E-state index contributed by atoms with van der Waals surface area (Å²) in [5.41, 5.74) is 2.16. The summed E-state index contributed by atoms with van der Waals surface area (Å²) in [6, 6.07) is 9.70. The molecule has 0 saturated heterocycles. The molecule has 3 rings (SSSR count). The number of halogens is 2. The standard InChI is InChI=1S/C16H14Cl2N2O3S/c17-12-2-1-10(14(18)9-12)5-6-19-24(22,23)13-3-4-15-11(7-13)8-16(21)20-15/h1-4,7,9,19H,5-6,8H2,(H,20,21). The molecular weight excluding hydrogens is 371 g/mol. The molecule has 0 fully saturated rings. The van der Waals surface area contributed by atoms with Crippen LogP contribution in [0.3, 0.4) is 0 Å². The highest BCUT2D eigenvalue weighted by molar-refractivity contribution is 7.89. The van der Waals surface area contributed by atoms with Crippen LogP contribution in [-0.2, 0) is 27.7 Å². The van der Waals surface area contributed by atoms with Gasteiger partial charge in [-0.1, -0.05) is 29.3 Å². The summed E-state index contributed by atoms with van der Waals surface area (Å²) >= 11 is 11.9. The molecule has 1 heterocycles. The molecule has 1 amide bonds. The van der Waals surface area contributed by atoms with E-state index in [-0.39, 0.29) is 23.8 Å². The molecule has 0 radical (unpaired) electrons. The van der Waals surface area contributed by atoms with Crippen LogP contribution < -0.4 is 10.0 Å². The zero-order valence-electron chi connectivity index (χ0n) is 12.5. The van der Waals surface area contributed by atoms with Gasteiger partial charge in [-0.25, -0.2) is 13.1 Å². The minimum Gasteiger partial charge on any atom is -0.326 e. The van der Waals surface area contributed by atoms with Gasteiger partial charge >= 0.3 is 0 Å². The third kappa shape index (κ3) is 3.72. The lowest BCUT2D eigenvalue weighted by molar-refractivity contribution is -0.115. The highest BCUT2D eigenvalue weighted by Gasteiger charge is 2.21. The van der Waals surface area contributed by atoms with Crippen molar-refractivity contribution in [1.82, 2.24) is 4.72 Å². The van der Waals surface area contributed by atoms with Crippen LogP contribution in [0.2, 0.25) is 10.0 Å². The van der Waals surface area contributed by atoms with E-state index in [0.29, 0.717) is 27.7 Å². The Morgan fingerprint density at radius 1 is 1.12 bits per heavy atom. The van der Waals surface area contributed by atoms with Gasteiger partial charge < -0.3 is 5.32 Å². The quantitative estimate of drug-likeness (QED) is 0.831. The Morgan fingerprint density at radius 2 is 1.92 bits per heavy atom. The van der Waals surface area contributed by atoms with Gasteiger partial charge in [-0.15, -0.1) is 0 Å². The average Bonchev–Trinajstić information content (AvgIpc) is 2.88. The molecule has 2 N–H and O–H groups in total. The maximum atomic E-state index is 12.4. The number of amides is 1. The molecule has 1 aliphatic heterocycles. The number of benzene rings is 2. The van der Waals surface area contributed by atoms with E-state index in [1.807, 2.05) is 0 Å². The van der Waals surface area contributed by atoms with Crippen molar-refractivity contribution < 1.29 is 13.2 Å². The van der Waals surface area contributed by atoms with Crippen molar-refractivity contribution in [3.05, 3.63) is 57.6 Å². The zero-order valence-corrected chi connectivity index (χ0v) is 14.8. The van der Waals surface area contributed by atoms with Crippen molar-refractivity contribution in [1.29, 1.82) is 0 Å². The Bertz CT molecular complexity index is 914. The van der Waals surface area contributed by atoms with Crippen molar-refractivity contribution in [3.63, 3.8) is 0 Å². The van der Waals surface area contributed by atoms with Crippen LogP contribution in [0.25, 0.3) is 0 Å². The van der Waals surface area contributed by atoms with Gasteiger partial charge in [0.1, 0.15) is 0 Å². The highest BCUT2D eigenvalue weighted by atomic mass is 35.5. The van der Waals surface area contributed by atoms with Gasteiger partial charge in [-0.2, -0.15) is 0 Å². The van der Waals surface area contributed by atoms with Crippen LogP contribution in [0.15, 0.2) is 41.3 Å². The maximum Gasteiger partial charge on any atom is 0.240 e. The number of hydrogen-bond donors (Lipinski definition) is 2. The number of carbonyl (C=O) groups is 1. The lowest BCUT2D eigenvalue weighted by Gasteiger charge is -2.09. The van der Waals surface area contributed by atoms with Crippen LogP contribution in [0, 0.1) is 0 Å². The predicted molar refractivity (Wildman–Crippen MR) is 94.1 cm³/mol. The third-order valence-electron chi connectivity index (χ3n) is 3.71. The first-order valence-corrected chi connectivity index (χ1v) is 9.45. The van der Waals surface area contributed by atoms with Crippen LogP contribution in [0.5, 0.6) is 0 Å². The first-order valence-electron chi connectivity index (χ1n) is 7.21. The minimum atomic E-state index is -3.65. The van der Waals surface area contributed by atoms with Gasteiger partial charge in [0, 0.05) is 22.3 Å². The zero-order chi connectivity index (χ0) is 17.3. The second-order valence-electron chi connectivity index (χ2n) is 5.43. The lowest BCUT2D eigenvalue weighted by atomic mass is 10.1. The maximum absolute atomic E-state index is 12.4. The molecular formula is C16H14Cl2N2O3S. The molecule has 0 atom stereocenters. The molecule has 2 aromatic carbocycles. The Balaban J connectivity index is 1.68. The van der Waals surface area contributed by atoms with Gasteiger partial charge in [-0.05, 0) is 47.9 Å². The van der Waals surface area contributed by atoms with Gasteiger partial charge in [0.15, 0.2) is 0 Å². The van der Waals surface area contributed by atoms with E-state index in [1.165, 1.54) is 12.1 Å². The molecule has 0 unspecified atom stereocenters. The fourth-order valence-electron chi connectivity index (χ4n) is 2.50. The van der Waals surface area contributed by atoms with E-state index in [2.05, 4.69) is 10.0 Å². The summed E-state index contributed by atoms with van der Waals surface area (Å²) in [7, 11) is -3.65. The fraction of sp³-hybridized carbons (Fsp3) is 0.188. The number of fused-ring (bicyclic) bond motifs is 1. The number of sulfonamides is 1. The van der Waals surface area contributed by atoms with Crippen molar-refractivity contribution in [2.75, 3.05) is 11.9 Å². The third-order valence-corrected chi connectivity index (χ3v) is 5.76. The fourth-order valence-corrected chi connectivity index (χ4v) is 4.09. The van der Waals surface area contributed by atoms with Gasteiger partial charge in [-0.3, -0.25) is 4.79 Å². The summed E-state index contributed by atoms with van der Waals surface area (Å²) in [5.74, 6) is -0.134. The number of rotatable bonds is 5. The molecule has 5 nitrogen and oxygen atoms in total. The monoisotopic (exact) mass is 384 g/mol.